The molecule has 0 fully saturated rings. The Morgan fingerprint density at radius 2 is 2.53 bits per heavy atom. The van der Waals surface area contributed by atoms with Crippen LogP contribution < -0.4 is 0 Å². The number of aryl methyl sites for hydroxylation is 1. The molecular weight excluding hydrogens is 333 g/mol. The van der Waals surface area contributed by atoms with Gasteiger partial charge in [0.15, 0.2) is 0 Å². The first-order valence-corrected chi connectivity index (χ1v) is 7.81. The Morgan fingerprint density at radius 3 is 3.27 bits per heavy atom. The van der Waals surface area contributed by atoms with Crippen LogP contribution in [0.3, 0.4) is 0 Å². The van der Waals surface area contributed by atoms with Gasteiger partial charge in [-0.1, -0.05) is 0 Å². The summed E-state index contributed by atoms with van der Waals surface area (Å²) in [4.78, 5) is 6.27. The van der Waals surface area contributed by atoms with Gasteiger partial charge in [-0.25, -0.2) is 0 Å². The van der Waals surface area contributed by atoms with Gasteiger partial charge in [0.2, 0.25) is 0 Å². The minimum absolute atomic E-state index is 0.441. The van der Waals surface area contributed by atoms with E-state index in [4.69, 9.17) is 4.99 Å². The molecule has 0 amide bonds. The van der Waals surface area contributed by atoms with Gasteiger partial charge in [-0.05, 0) is 0 Å². The average molecular weight is 346 g/mol. The molecule has 0 N–H and O–H groups in total. The summed E-state index contributed by atoms with van der Waals surface area (Å²) in [6.07, 6.45) is 5.28. The van der Waals surface area contributed by atoms with E-state index in [0.717, 1.165) is 19.3 Å². The number of hydrogen-bond acceptors (Lipinski definition) is 2. The molecule has 80 valence electrons. The van der Waals surface area contributed by atoms with E-state index in [2.05, 4.69) is 27.9 Å². The first-order valence-electron chi connectivity index (χ1n) is 4.92. The van der Waals surface area contributed by atoms with Gasteiger partial charge in [0, 0.05) is 0 Å². The van der Waals surface area contributed by atoms with Crippen molar-refractivity contribution < 1.29 is 0 Å². The molecule has 4 heteroatoms. The first kappa shape index (κ1) is 11.6. The fraction of sp³-hybridized carbons (Fsp3) is 0.364. The number of rotatable bonds is 2. The van der Waals surface area contributed by atoms with Crippen LogP contribution in [0.5, 0.6) is 0 Å². The van der Waals surface area contributed by atoms with Crippen molar-refractivity contribution in [2.45, 2.75) is 25.3 Å². The second kappa shape index (κ2) is 4.99. The van der Waals surface area contributed by atoms with Crippen LogP contribution in [0.2, 0.25) is 0 Å². The van der Waals surface area contributed by atoms with Gasteiger partial charge in [0.1, 0.15) is 0 Å². The number of nitrogens with zero attached hydrogens (tertiary/aromatic N) is 1. The summed E-state index contributed by atoms with van der Waals surface area (Å²) in [6, 6.07) is 0.441. The van der Waals surface area contributed by atoms with E-state index in [1.807, 2.05) is 17.4 Å². The quantitative estimate of drug-likeness (QED) is 0.577. The van der Waals surface area contributed by atoms with Gasteiger partial charge in [0.05, 0.1) is 0 Å². The molecule has 0 saturated heterocycles. The molecule has 2 unspecified atom stereocenters. The minimum atomic E-state index is 0.441. The summed E-state index contributed by atoms with van der Waals surface area (Å²) < 4.78 is 2.44. The number of thiophene rings is 1. The maximum absolute atomic E-state index is 4.79. The molecule has 1 aliphatic rings. The summed E-state index contributed by atoms with van der Waals surface area (Å²) >= 11 is 7.07. The normalized spacial score (nSPS) is 20.4. The van der Waals surface area contributed by atoms with Crippen LogP contribution in [0.15, 0.2) is 27.5 Å². The van der Waals surface area contributed by atoms with Gasteiger partial charge >= 0.3 is 112 Å². The van der Waals surface area contributed by atoms with Crippen LogP contribution >= 0.6 is 27.3 Å². The Kier molecular flexibility index (Phi) is 3.87. The Balaban J connectivity index is 2.35. The van der Waals surface area contributed by atoms with Crippen molar-refractivity contribution in [3.8, 4) is 0 Å². The maximum atomic E-state index is 4.79. The van der Waals surface area contributed by atoms with E-state index in [1.165, 1.54) is 19.4 Å². The number of halogens is 1. The monoisotopic (exact) mass is 345 g/mol. The van der Waals surface area contributed by atoms with Gasteiger partial charge in [-0.2, -0.15) is 0 Å². The van der Waals surface area contributed by atoms with Crippen molar-refractivity contribution >= 4 is 48.6 Å². The zero-order valence-corrected chi connectivity index (χ0v) is 13.2. The second-order valence-electron chi connectivity index (χ2n) is 3.61. The number of aliphatic imine (C=N–C) groups is 1. The van der Waals surface area contributed by atoms with Crippen LogP contribution in [-0.4, -0.2) is 27.4 Å². The fourth-order valence-corrected chi connectivity index (χ4v) is 5.39. The van der Waals surface area contributed by atoms with Gasteiger partial charge in [0.25, 0.3) is 0 Å². The van der Waals surface area contributed by atoms with E-state index < -0.39 is 0 Å². The van der Waals surface area contributed by atoms with Crippen LogP contribution in [0.4, 0.5) is 0 Å². The Bertz CT molecular complexity index is 411. The summed E-state index contributed by atoms with van der Waals surface area (Å²) in [6.45, 7) is 3.79. The third-order valence-corrected chi connectivity index (χ3v) is 5.44. The van der Waals surface area contributed by atoms with Crippen molar-refractivity contribution in [1.82, 2.24) is 0 Å². The van der Waals surface area contributed by atoms with E-state index >= 15 is 0 Å². The van der Waals surface area contributed by atoms with Crippen molar-refractivity contribution in [2.24, 2.45) is 4.99 Å². The van der Waals surface area contributed by atoms with E-state index in [1.54, 1.807) is 16.9 Å². The van der Waals surface area contributed by atoms with E-state index in [-0.39, 0.29) is 0 Å². The molecule has 2 heterocycles. The molecule has 0 aromatic carbocycles. The van der Waals surface area contributed by atoms with Gasteiger partial charge in [-0.15, -0.1) is 0 Å². The standard InChI is InChI=1S/C11H13AsBrNS/c1-2-3-7-4-5-9-10(11(12)14-7)8(13)6-15-9/h2,6-7H,1,3-5,12H2. The number of fused-ring (bicyclic) bond motifs is 1. The zero-order valence-electron chi connectivity index (χ0n) is 8.37. The molecule has 0 aliphatic carbocycles. The molecule has 0 spiro atoms. The Labute approximate surface area is 111 Å². The average Bonchev–Trinajstić information content (AvgIpc) is 2.48. The van der Waals surface area contributed by atoms with Crippen molar-refractivity contribution in [3.05, 3.63) is 32.9 Å². The van der Waals surface area contributed by atoms with Crippen LogP contribution in [0.25, 0.3) is 0 Å². The predicted octanol–water partition coefficient (Wildman–Crippen LogP) is 2.78. The summed E-state index contributed by atoms with van der Waals surface area (Å²) in [5.41, 5.74) is 1.35. The molecular formula is C11H13AsBrNS. The molecule has 1 aromatic heterocycles. The van der Waals surface area contributed by atoms with Crippen LogP contribution in [0, 0.1) is 0 Å². The molecule has 1 aliphatic heterocycles. The first-order chi connectivity index (χ1) is 7.22. The van der Waals surface area contributed by atoms with Crippen molar-refractivity contribution in [3.63, 3.8) is 0 Å². The molecule has 1 aromatic rings. The Morgan fingerprint density at radius 1 is 1.73 bits per heavy atom. The SMILES string of the molecule is C=CCC1CCc2scc(Br)c2C([AsH2])=N1. The van der Waals surface area contributed by atoms with Crippen LogP contribution in [0.1, 0.15) is 23.3 Å². The fourth-order valence-electron chi connectivity index (χ4n) is 1.81. The Hall–Kier alpha value is 0.148. The molecule has 2 rings (SSSR count). The zero-order chi connectivity index (χ0) is 10.8. The molecule has 2 atom stereocenters. The van der Waals surface area contributed by atoms with Crippen molar-refractivity contribution in [1.29, 1.82) is 0 Å². The van der Waals surface area contributed by atoms with Crippen LogP contribution in [-0.2, 0) is 6.42 Å². The third kappa shape index (κ3) is 2.46. The molecule has 1 nitrogen and oxygen atoms in total. The molecule has 0 bridgehead atoms. The van der Waals surface area contributed by atoms with Crippen molar-refractivity contribution in [2.75, 3.05) is 0 Å². The number of hydrogen-bond donors (Lipinski definition) is 0. The van der Waals surface area contributed by atoms with E-state index in [9.17, 15) is 0 Å². The topological polar surface area (TPSA) is 12.4 Å². The molecule has 0 radical (unpaired) electrons. The third-order valence-electron chi connectivity index (χ3n) is 2.54. The van der Waals surface area contributed by atoms with E-state index in [0.29, 0.717) is 6.04 Å². The second-order valence-corrected chi connectivity index (χ2v) is 6.58. The molecule has 15 heavy (non-hydrogen) atoms. The van der Waals surface area contributed by atoms with Gasteiger partial charge < -0.3 is 0 Å². The van der Waals surface area contributed by atoms with Gasteiger partial charge in [-0.3, -0.25) is 0 Å². The summed E-state index contributed by atoms with van der Waals surface area (Å²) in [5.74, 6) is 0. The summed E-state index contributed by atoms with van der Waals surface area (Å²) in [7, 11) is 0. The predicted molar refractivity (Wildman–Crippen MR) is 74.0 cm³/mol. The summed E-state index contributed by atoms with van der Waals surface area (Å²) in [5, 5.41) is 2.17. The molecule has 0 saturated carbocycles.